The number of hydrogen-bond acceptors (Lipinski definition) is 2. The van der Waals surface area contributed by atoms with Crippen molar-refractivity contribution < 1.29 is 4.39 Å². The van der Waals surface area contributed by atoms with E-state index in [-0.39, 0.29) is 5.82 Å². The van der Waals surface area contributed by atoms with E-state index in [1.165, 1.54) is 24.8 Å². The van der Waals surface area contributed by atoms with Crippen LogP contribution in [0.1, 0.15) is 26.2 Å². The highest BCUT2D eigenvalue weighted by Gasteiger charge is 2.20. The Kier molecular flexibility index (Phi) is 5.16. The van der Waals surface area contributed by atoms with Gasteiger partial charge in [0, 0.05) is 38.4 Å². The fraction of sp³-hybridized carbons (Fsp3) is 0.500. The van der Waals surface area contributed by atoms with E-state index >= 15 is 0 Å². The maximum atomic E-state index is 13.0. The zero-order valence-corrected chi connectivity index (χ0v) is 14.1. The average molecular weight is 314 g/mol. The summed E-state index contributed by atoms with van der Waals surface area (Å²) in [7, 11) is 0. The molecule has 1 saturated heterocycles. The van der Waals surface area contributed by atoms with Gasteiger partial charge in [0.05, 0.1) is 0 Å². The molecule has 1 fully saturated rings. The summed E-state index contributed by atoms with van der Waals surface area (Å²) >= 11 is 0. The van der Waals surface area contributed by atoms with Gasteiger partial charge in [0.2, 0.25) is 0 Å². The van der Waals surface area contributed by atoms with Crippen LogP contribution in [0.4, 0.5) is 10.1 Å². The Balaban J connectivity index is 1.48. The van der Waals surface area contributed by atoms with Crippen LogP contribution in [0.3, 0.4) is 0 Å². The van der Waals surface area contributed by atoms with Crippen molar-refractivity contribution in [1.29, 1.82) is 0 Å². The molecule has 0 spiro atoms. The van der Waals surface area contributed by atoms with Crippen molar-refractivity contribution in [2.75, 3.05) is 37.6 Å². The fourth-order valence-electron chi connectivity index (χ4n) is 3.58. The molecule has 3 rings (SSSR count). The molecule has 1 atom stereocenters. The Bertz CT molecular complexity index is 568. The van der Waals surface area contributed by atoms with Crippen molar-refractivity contribution in [1.82, 2.24) is 4.90 Å². The Hall–Kier alpha value is -1.61. The van der Waals surface area contributed by atoms with E-state index in [2.05, 4.69) is 29.4 Å². The quantitative estimate of drug-likeness (QED) is 0.767. The summed E-state index contributed by atoms with van der Waals surface area (Å²) < 4.78 is 13.0. The van der Waals surface area contributed by atoms with Gasteiger partial charge in [-0.25, -0.2) is 4.39 Å². The molecule has 1 aliphatic carbocycles. The largest absolute Gasteiger partial charge is 0.369 e. The molecule has 23 heavy (non-hydrogen) atoms. The number of piperazine rings is 1. The molecule has 0 radical (unpaired) electrons. The van der Waals surface area contributed by atoms with Gasteiger partial charge in [-0.1, -0.05) is 23.8 Å². The predicted molar refractivity (Wildman–Crippen MR) is 95.3 cm³/mol. The van der Waals surface area contributed by atoms with Crippen LogP contribution in [0, 0.1) is 11.7 Å². The Morgan fingerprint density at radius 2 is 1.87 bits per heavy atom. The van der Waals surface area contributed by atoms with E-state index in [9.17, 15) is 4.39 Å². The number of rotatable bonds is 4. The van der Waals surface area contributed by atoms with Gasteiger partial charge in [-0.15, -0.1) is 0 Å². The number of halogens is 1. The lowest BCUT2D eigenvalue weighted by Gasteiger charge is -2.37. The SMILES string of the molecule is C=C(C)C1CC=C(CN2CCN(c3ccc(F)cc3)CC2)CC1. The van der Waals surface area contributed by atoms with Crippen molar-refractivity contribution >= 4 is 5.69 Å². The van der Waals surface area contributed by atoms with Crippen molar-refractivity contribution in [2.24, 2.45) is 5.92 Å². The normalized spacial score (nSPS) is 22.8. The maximum absolute atomic E-state index is 13.0. The summed E-state index contributed by atoms with van der Waals surface area (Å²) in [5.41, 5.74) is 4.05. The predicted octanol–water partition coefficient (Wildman–Crippen LogP) is 4.25. The Labute approximate surface area is 139 Å². The first-order valence-corrected chi connectivity index (χ1v) is 8.68. The summed E-state index contributed by atoms with van der Waals surface area (Å²) in [4.78, 5) is 4.90. The van der Waals surface area contributed by atoms with Gasteiger partial charge in [-0.3, -0.25) is 4.90 Å². The van der Waals surface area contributed by atoms with Crippen molar-refractivity contribution in [3.05, 3.63) is 53.9 Å². The zero-order chi connectivity index (χ0) is 16.2. The van der Waals surface area contributed by atoms with Crippen LogP contribution in [0.2, 0.25) is 0 Å². The summed E-state index contributed by atoms with van der Waals surface area (Å²) in [5, 5.41) is 0. The van der Waals surface area contributed by atoms with Crippen molar-refractivity contribution in [3.63, 3.8) is 0 Å². The lowest BCUT2D eigenvalue weighted by Crippen LogP contribution is -2.47. The average Bonchev–Trinajstić information content (AvgIpc) is 2.57. The number of benzene rings is 1. The van der Waals surface area contributed by atoms with Crippen LogP contribution in [-0.2, 0) is 0 Å². The number of anilines is 1. The molecule has 0 aromatic heterocycles. The van der Waals surface area contributed by atoms with Gasteiger partial charge >= 0.3 is 0 Å². The molecule has 1 heterocycles. The molecule has 2 aliphatic rings. The van der Waals surface area contributed by atoms with Crippen LogP contribution >= 0.6 is 0 Å². The molecule has 3 heteroatoms. The van der Waals surface area contributed by atoms with E-state index in [1.807, 2.05) is 12.1 Å². The van der Waals surface area contributed by atoms with Gasteiger partial charge in [-0.05, 0) is 56.4 Å². The van der Waals surface area contributed by atoms with Crippen LogP contribution in [0.25, 0.3) is 0 Å². The minimum Gasteiger partial charge on any atom is -0.369 e. The first kappa shape index (κ1) is 16.3. The third-order valence-electron chi connectivity index (χ3n) is 5.19. The highest BCUT2D eigenvalue weighted by Crippen LogP contribution is 2.28. The lowest BCUT2D eigenvalue weighted by atomic mass is 9.85. The van der Waals surface area contributed by atoms with Gasteiger partial charge in [-0.2, -0.15) is 0 Å². The van der Waals surface area contributed by atoms with Crippen molar-refractivity contribution in [2.45, 2.75) is 26.2 Å². The van der Waals surface area contributed by atoms with Crippen LogP contribution < -0.4 is 4.90 Å². The molecule has 0 saturated carbocycles. The van der Waals surface area contributed by atoms with Gasteiger partial charge in [0.25, 0.3) is 0 Å². The third-order valence-corrected chi connectivity index (χ3v) is 5.19. The molecule has 0 bridgehead atoms. The van der Waals surface area contributed by atoms with Crippen LogP contribution in [0.5, 0.6) is 0 Å². The summed E-state index contributed by atoms with van der Waals surface area (Å²) in [6.07, 6.45) is 6.09. The van der Waals surface area contributed by atoms with E-state index < -0.39 is 0 Å². The molecule has 1 aliphatic heterocycles. The van der Waals surface area contributed by atoms with Crippen molar-refractivity contribution in [3.8, 4) is 0 Å². The van der Waals surface area contributed by atoms with E-state index in [4.69, 9.17) is 0 Å². The maximum Gasteiger partial charge on any atom is 0.123 e. The van der Waals surface area contributed by atoms with Crippen LogP contribution in [-0.4, -0.2) is 37.6 Å². The van der Waals surface area contributed by atoms with Gasteiger partial charge in [0.15, 0.2) is 0 Å². The van der Waals surface area contributed by atoms with E-state index in [1.54, 1.807) is 17.7 Å². The Morgan fingerprint density at radius 3 is 2.43 bits per heavy atom. The molecule has 1 aromatic rings. The summed E-state index contributed by atoms with van der Waals surface area (Å²) in [6.45, 7) is 11.6. The molecule has 0 amide bonds. The topological polar surface area (TPSA) is 6.48 Å². The highest BCUT2D eigenvalue weighted by molar-refractivity contribution is 5.46. The molecular weight excluding hydrogens is 287 g/mol. The standard InChI is InChI=1S/C20H27FN2/c1-16(2)18-5-3-17(4-6-18)15-22-11-13-23(14-12-22)20-9-7-19(21)8-10-20/h3,7-10,18H,1,4-6,11-15H2,2H3. The summed E-state index contributed by atoms with van der Waals surface area (Å²) in [5.74, 6) is 0.527. The first-order chi connectivity index (χ1) is 11.1. The third kappa shape index (κ3) is 4.23. The molecule has 124 valence electrons. The first-order valence-electron chi connectivity index (χ1n) is 8.68. The molecule has 0 N–H and O–H groups in total. The fourth-order valence-corrected chi connectivity index (χ4v) is 3.58. The molecule has 1 aromatic carbocycles. The van der Waals surface area contributed by atoms with Gasteiger partial charge < -0.3 is 4.90 Å². The van der Waals surface area contributed by atoms with E-state index in [0.717, 1.165) is 38.4 Å². The second kappa shape index (κ2) is 7.31. The summed E-state index contributed by atoms with van der Waals surface area (Å²) in [6, 6.07) is 6.86. The second-order valence-corrected chi connectivity index (χ2v) is 6.92. The molecule has 2 nitrogen and oxygen atoms in total. The molecule has 1 unspecified atom stereocenters. The Morgan fingerprint density at radius 1 is 1.17 bits per heavy atom. The lowest BCUT2D eigenvalue weighted by molar-refractivity contribution is 0.273. The molecular formula is C20H27FN2. The second-order valence-electron chi connectivity index (χ2n) is 6.92. The number of allylic oxidation sites excluding steroid dienone is 2. The smallest absolute Gasteiger partial charge is 0.123 e. The monoisotopic (exact) mass is 314 g/mol. The zero-order valence-electron chi connectivity index (χ0n) is 14.1. The minimum atomic E-state index is -0.162. The van der Waals surface area contributed by atoms with Crippen LogP contribution in [0.15, 0.2) is 48.1 Å². The minimum absolute atomic E-state index is 0.162. The number of hydrogen-bond donors (Lipinski definition) is 0. The highest BCUT2D eigenvalue weighted by atomic mass is 19.1. The van der Waals surface area contributed by atoms with E-state index in [0.29, 0.717) is 5.92 Å². The number of nitrogens with zero attached hydrogens (tertiary/aromatic N) is 2. The van der Waals surface area contributed by atoms with Gasteiger partial charge in [0.1, 0.15) is 5.82 Å².